The first-order chi connectivity index (χ1) is 29.4. The number of rotatable bonds is 14. The number of Topliss-reactive ketones (excluding diaryl/α,β-unsaturated/α-hetero) is 1. The molecular weight excluding hydrogens is 749 g/mol. The van der Waals surface area contributed by atoms with E-state index in [1.165, 1.54) is 5.56 Å². The second-order valence-corrected chi connectivity index (χ2v) is 16.3. The fraction of sp³-hybridized carbons (Fsp3) is 0.250. The zero-order valence-corrected chi connectivity index (χ0v) is 34.0. The Balaban J connectivity index is 0.848. The summed E-state index contributed by atoms with van der Waals surface area (Å²) < 4.78 is 22.8. The second kappa shape index (κ2) is 15.5. The van der Waals surface area contributed by atoms with Crippen LogP contribution >= 0.6 is 0 Å². The summed E-state index contributed by atoms with van der Waals surface area (Å²) in [4.78, 5) is 41.4. The first-order valence-electron chi connectivity index (χ1n) is 21.1. The third-order valence-corrected chi connectivity index (χ3v) is 12.4. The summed E-state index contributed by atoms with van der Waals surface area (Å²) in [5, 5.41) is 0.856. The van der Waals surface area contributed by atoms with Crippen molar-refractivity contribution in [3.63, 3.8) is 0 Å². The maximum absolute atomic E-state index is 14.0. The molecule has 0 radical (unpaired) electrons. The molecule has 0 amide bonds. The summed E-state index contributed by atoms with van der Waals surface area (Å²) in [6.07, 6.45) is 4.31. The van der Waals surface area contributed by atoms with Gasteiger partial charge in [0.2, 0.25) is 0 Å². The highest BCUT2D eigenvalue weighted by molar-refractivity contribution is 6.29. The average molecular weight is 795 g/mol. The number of nitrogens with zero attached hydrogens (tertiary/aromatic N) is 2. The van der Waals surface area contributed by atoms with Crippen molar-refractivity contribution in [1.82, 2.24) is 9.13 Å². The standard InChI is InChI=1S/C52H46N2O6/c1-32-28-42-45(43(55)29-32)47-50(54(42)24-22-33-12-4-3-5-13-33)40-31-36(20-21-39(40)52(47)57)59-26-8-9-27-60-44-19-11-18-41-46(44)48-49(37-16-6-7-17-38(37)51(48)56)53(41)25-23-34-14-10-15-35(30-34)58-2/h3-7,10-21,30-32H,8-9,22-29H2,1-2H3. The molecule has 7 aromatic rings. The minimum absolute atomic E-state index is 0.0307. The van der Waals surface area contributed by atoms with Crippen molar-refractivity contribution in [2.24, 2.45) is 5.92 Å². The zero-order chi connectivity index (χ0) is 40.9. The molecule has 3 aliphatic rings. The maximum atomic E-state index is 14.0. The molecule has 0 saturated carbocycles. The summed E-state index contributed by atoms with van der Waals surface area (Å²) >= 11 is 0. The Morgan fingerprint density at radius 3 is 2.10 bits per heavy atom. The van der Waals surface area contributed by atoms with Gasteiger partial charge in [0.15, 0.2) is 17.3 Å². The van der Waals surface area contributed by atoms with E-state index in [4.69, 9.17) is 14.2 Å². The smallest absolute Gasteiger partial charge is 0.196 e. The molecule has 0 spiro atoms. The molecule has 2 aromatic heterocycles. The molecule has 0 N–H and O–H groups in total. The lowest BCUT2D eigenvalue weighted by Gasteiger charge is -2.22. The van der Waals surface area contributed by atoms with Gasteiger partial charge in [0.1, 0.15) is 17.2 Å². The van der Waals surface area contributed by atoms with Crippen molar-refractivity contribution in [1.29, 1.82) is 0 Å². The normalized spacial score (nSPS) is 14.8. The topological polar surface area (TPSA) is 88.8 Å². The number of fused-ring (bicyclic) bond motifs is 10. The van der Waals surface area contributed by atoms with Crippen LogP contribution < -0.4 is 14.2 Å². The first-order valence-corrected chi connectivity index (χ1v) is 21.1. The van der Waals surface area contributed by atoms with Gasteiger partial charge in [-0.05, 0) is 91.6 Å². The van der Waals surface area contributed by atoms with E-state index in [0.29, 0.717) is 66.5 Å². The SMILES string of the molecule is COc1cccc(CCn2c3c(c4c(OCCCCOc5ccc6c(c5)-c5c(c7c(n5CCc5ccccc5)CC(C)CC7=O)C6=O)cccc42)C(=O)c2ccccc2-3)c1. The summed E-state index contributed by atoms with van der Waals surface area (Å²) in [6, 6.07) is 38.1. The van der Waals surface area contributed by atoms with Gasteiger partial charge in [0.25, 0.3) is 0 Å². The molecule has 10 rings (SSSR count). The molecule has 0 fully saturated rings. The molecule has 8 nitrogen and oxygen atoms in total. The summed E-state index contributed by atoms with van der Waals surface area (Å²) in [7, 11) is 1.68. The number of benzene rings is 5. The van der Waals surface area contributed by atoms with E-state index in [9.17, 15) is 14.4 Å². The maximum Gasteiger partial charge on any atom is 0.196 e. The molecule has 1 unspecified atom stereocenters. The molecule has 0 aliphatic heterocycles. The second-order valence-electron chi connectivity index (χ2n) is 16.3. The van der Waals surface area contributed by atoms with Crippen LogP contribution in [0.3, 0.4) is 0 Å². The number of ether oxygens (including phenoxy) is 3. The van der Waals surface area contributed by atoms with Gasteiger partial charge in [-0.2, -0.15) is 0 Å². The van der Waals surface area contributed by atoms with E-state index in [1.807, 2.05) is 84.9 Å². The van der Waals surface area contributed by atoms with Crippen molar-refractivity contribution in [3.8, 4) is 39.8 Å². The molecule has 60 heavy (non-hydrogen) atoms. The van der Waals surface area contributed by atoms with Crippen LogP contribution in [-0.2, 0) is 32.4 Å². The van der Waals surface area contributed by atoms with Gasteiger partial charge in [-0.15, -0.1) is 0 Å². The Morgan fingerprint density at radius 2 is 1.27 bits per heavy atom. The minimum Gasteiger partial charge on any atom is -0.497 e. The quantitative estimate of drug-likeness (QED) is 0.102. The number of carbonyl (C=O) groups excluding carboxylic acids is 3. The molecule has 2 heterocycles. The van der Waals surface area contributed by atoms with Gasteiger partial charge in [0, 0.05) is 47.5 Å². The molecule has 5 aromatic carbocycles. The van der Waals surface area contributed by atoms with Crippen molar-refractivity contribution >= 4 is 28.3 Å². The van der Waals surface area contributed by atoms with Crippen LogP contribution in [0.2, 0.25) is 0 Å². The number of hydrogen-bond donors (Lipinski definition) is 0. The summed E-state index contributed by atoms with van der Waals surface area (Å²) in [5.74, 6) is 2.48. The zero-order valence-electron chi connectivity index (χ0n) is 34.0. The molecule has 300 valence electrons. The van der Waals surface area contributed by atoms with Gasteiger partial charge in [-0.1, -0.05) is 79.7 Å². The van der Waals surface area contributed by atoms with Gasteiger partial charge in [0.05, 0.1) is 59.3 Å². The van der Waals surface area contributed by atoms with E-state index < -0.39 is 0 Å². The van der Waals surface area contributed by atoms with E-state index >= 15 is 0 Å². The van der Waals surface area contributed by atoms with E-state index in [-0.39, 0.29) is 23.3 Å². The number of aromatic nitrogens is 2. The van der Waals surface area contributed by atoms with E-state index in [1.54, 1.807) is 7.11 Å². The average Bonchev–Trinajstić information content (AvgIpc) is 3.96. The van der Waals surface area contributed by atoms with Crippen LogP contribution in [0.15, 0.2) is 115 Å². The van der Waals surface area contributed by atoms with Crippen LogP contribution in [0, 0.1) is 5.92 Å². The third-order valence-electron chi connectivity index (χ3n) is 12.4. The number of methoxy groups -OCH3 is 1. The Bertz CT molecular complexity index is 2850. The van der Waals surface area contributed by atoms with Crippen molar-refractivity contribution < 1.29 is 28.6 Å². The Kier molecular flexibility index (Phi) is 9.71. The highest BCUT2D eigenvalue weighted by Crippen LogP contribution is 2.47. The number of unbranched alkanes of at least 4 members (excludes halogenated alkanes) is 1. The van der Waals surface area contributed by atoms with Crippen LogP contribution in [0.4, 0.5) is 0 Å². The minimum atomic E-state index is -0.0697. The Labute approximate surface area is 349 Å². The van der Waals surface area contributed by atoms with Crippen LogP contribution in [0.25, 0.3) is 33.4 Å². The first kappa shape index (κ1) is 37.6. The fourth-order valence-electron chi connectivity index (χ4n) is 9.67. The van der Waals surface area contributed by atoms with Crippen molar-refractivity contribution in [2.75, 3.05) is 20.3 Å². The van der Waals surface area contributed by atoms with Crippen molar-refractivity contribution in [2.45, 2.75) is 58.5 Å². The summed E-state index contributed by atoms with van der Waals surface area (Å²) in [5.41, 5.74) is 11.2. The van der Waals surface area contributed by atoms with Crippen LogP contribution in [-0.4, -0.2) is 46.8 Å². The predicted molar refractivity (Wildman–Crippen MR) is 233 cm³/mol. The third kappa shape index (κ3) is 6.42. The van der Waals surface area contributed by atoms with Crippen molar-refractivity contribution in [3.05, 3.63) is 160 Å². The summed E-state index contributed by atoms with van der Waals surface area (Å²) in [6.45, 7) is 4.42. The van der Waals surface area contributed by atoms with Gasteiger partial charge in [-0.3, -0.25) is 14.4 Å². The molecular formula is C52H46N2O6. The number of carbonyl (C=O) groups is 3. The van der Waals surface area contributed by atoms with Gasteiger partial charge in [-0.25, -0.2) is 0 Å². The highest BCUT2D eigenvalue weighted by atomic mass is 16.5. The Hall–Kier alpha value is -6.67. The fourth-order valence-corrected chi connectivity index (χ4v) is 9.67. The largest absolute Gasteiger partial charge is 0.497 e. The van der Waals surface area contributed by atoms with E-state index in [2.05, 4.69) is 46.4 Å². The lowest BCUT2D eigenvalue weighted by Crippen LogP contribution is -2.21. The number of hydrogen-bond acceptors (Lipinski definition) is 6. The van der Waals surface area contributed by atoms with Gasteiger partial charge < -0.3 is 23.3 Å². The Morgan fingerprint density at radius 1 is 0.583 bits per heavy atom. The molecule has 1 atom stereocenters. The lowest BCUT2D eigenvalue weighted by molar-refractivity contribution is 0.0941. The molecule has 3 aliphatic carbocycles. The predicted octanol–water partition coefficient (Wildman–Crippen LogP) is 10.4. The van der Waals surface area contributed by atoms with E-state index in [0.717, 1.165) is 88.1 Å². The monoisotopic (exact) mass is 794 g/mol. The highest BCUT2D eigenvalue weighted by Gasteiger charge is 2.41. The number of aryl methyl sites for hydroxylation is 3. The molecule has 8 heteroatoms. The number of ketones is 3. The van der Waals surface area contributed by atoms with Crippen LogP contribution in [0.1, 0.15) is 85.2 Å². The molecule has 0 bridgehead atoms. The van der Waals surface area contributed by atoms with Gasteiger partial charge >= 0.3 is 0 Å². The van der Waals surface area contributed by atoms with Crippen LogP contribution in [0.5, 0.6) is 17.2 Å². The molecule has 0 saturated heterocycles. The lowest BCUT2D eigenvalue weighted by atomic mass is 9.86.